The van der Waals surface area contributed by atoms with Crippen molar-refractivity contribution in [2.75, 3.05) is 13.1 Å². The van der Waals surface area contributed by atoms with E-state index in [9.17, 15) is 9.90 Å². The van der Waals surface area contributed by atoms with Gasteiger partial charge in [-0.15, -0.1) is 0 Å². The third-order valence-electron chi connectivity index (χ3n) is 4.78. The molecule has 2 aliphatic rings. The molecule has 2 unspecified atom stereocenters. The van der Waals surface area contributed by atoms with Gasteiger partial charge in [0.05, 0.1) is 6.10 Å². The maximum absolute atomic E-state index is 11.0. The highest BCUT2D eigenvalue weighted by molar-refractivity contribution is 5.73. The van der Waals surface area contributed by atoms with Crippen LogP contribution in [0.4, 0.5) is 0 Å². The minimum atomic E-state index is -0.376. The zero-order chi connectivity index (χ0) is 14.1. The Labute approximate surface area is 119 Å². The quantitative estimate of drug-likeness (QED) is 0.871. The lowest BCUT2D eigenvalue weighted by atomic mass is 9.92. The number of nitrogens with zero attached hydrogens (tertiary/aromatic N) is 1. The van der Waals surface area contributed by atoms with Crippen LogP contribution in [-0.2, 0) is 11.2 Å². The molecule has 1 fully saturated rings. The van der Waals surface area contributed by atoms with E-state index in [1.807, 2.05) is 18.2 Å². The largest absolute Gasteiger partial charge is 0.387 e. The summed E-state index contributed by atoms with van der Waals surface area (Å²) in [5, 5.41) is 10.5. The Morgan fingerprint density at radius 1 is 1.30 bits per heavy atom. The second kappa shape index (κ2) is 5.54. The molecular weight excluding hydrogens is 252 g/mol. The zero-order valence-corrected chi connectivity index (χ0v) is 11.7. The lowest BCUT2D eigenvalue weighted by Crippen LogP contribution is -2.44. The number of benzene rings is 1. The van der Waals surface area contributed by atoms with Crippen LogP contribution in [0, 0.1) is 5.92 Å². The third-order valence-corrected chi connectivity index (χ3v) is 4.78. The molecule has 1 aromatic carbocycles. The number of aliphatic hydroxyl groups is 1. The summed E-state index contributed by atoms with van der Waals surface area (Å²) in [7, 11) is 0. The highest BCUT2D eigenvalue weighted by atomic mass is 16.3. The highest BCUT2D eigenvalue weighted by Gasteiger charge is 2.36. The predicted molar refractivity (Wildman–Crippen MR) is 77.0 cm³/mol. The maximum Gasteiger partial charge on any atom is 0.217 e. The van der Waals surface area contributed by atoms with Crippen molar-refractivity contribution < 1.29 is 9.90 Å². The summed E-state index contributed by atoms with van der Waals surface area (Å²) in [6.45, 7) is 1.90. The lowest BCUT2D eigenvalue weighted by molar-refractivity contribution is -0.119. The van der Waals surface area contributed by atoms with Crippen LogP contribution in [0.25, 0.3) is 0 Å². The third kappa shape index (κ3) is 2.58. The molecule has 0 spiro atoms. The second-order valence-corrected chi connectivity index (χ2v) is 6.06. The van der Waals surface area contributed by atoms with Crippen LogP contribution in [0.15, 0.2) is 24.3 Å². The number of hydrogen-bond acceptors (Lipinski definition) is 3. The number of rotatable bonds is 3. The van der Waals surface area contributed by atoms with E-state index < -0.39 is 0 Å². The van der Waals surface area contributed by atoms with Crippen LogP contribution in [0.5, 0.6) is 0 Å². The number of carbonyl (C=O) groups is 1. The minimum Gasteiger partial charge on any atom is -0.387 e. The normalized spacial score (nSPS) is 27.4. The van der Waals surface area contributed by atoms with E-state index in [1.54, 1.807) is 0 Å². The van der Waals surface area contributed by atoms with Crippen molar-refractivity contribution in [2.45, 2.75) is 37.8 Å². The van der Waals surface area contributed by atoms with Crippen molar-refractivity contribution in [1.82, 2.24) is 4.90 Å². The lowest BCUT2D eigenvalue weighted by Gasteiger charge is -2.37. The van der Waals surface area contributed by atoms with Gasteiger partial charge in [-0.05, 0) is 49.4 Å². The Morgan fingerprint density at radius 2 is 2.00 bits per heavy atom. The fourth-order valence-electron chi connectivity index (χ4n) is 3.65. The molecular formula is C16H22N2O2. The number of aliphatic hydroxyl groups excluding tert-OH is 1. The SMILES string of the molecule is NC(=O)CC1CCN(C2Cc3ccccc3C2O)CC1. The van der Waals surface area contributed by atoms with Crippen LogP contribution >= 0.6 is 0 Å². The fourth-order valence-corrected chi connectivity index (χ4v) is 3.65. The van der Waals surface area contributed by atoms with Gasteiger partial charge < -0.3 is 10.8 Å². The number of likely N-dealkylation sites (tertiary alicyclic amines) is 1. The van der Waals surface area contributed by atoms with Gasteiger partial charge in [0.1, 0.15) is 0 Å². The molecule has 0 radical (unpaired) electrons. The van der Waals surface area contributed by atoms with Gasteiger partial charge in [0.15, 0.2) is 0 Å². The smallest absolute Gasteiger partial charge is 0.217 e. The molecule has 4 nitrogen and oxygen atoms in total. The van der Waals surface area contributed by atoms with Crippen molar-refractivity contribution in [1.29, 1.82) is 0 Å². The average Bonchev–Trinajstić information content (AvgIpc) is 2.77. The molecule has 108 valence electrons. The van der Waals surface area contributed by atoms with Crippen molar-refractivity contribution in [3.8, 4) is 0 Å². The molecule has 4 heteroatoms. The molecule has 1 aromatic rings. The van der Waals surface area contributed by atoms with Crippen molar-refractivity contribution >= 4 is 5.91 Å². The molecule has 1 aliphatic carbocycles. The number of piperidine rings is 1. The van der Waals surface area contributed by atoms with Crippen molar-refractivity contribution in [2.24, 2.45) is 11.7 Å². The Hall–Kier alpha value is -1.39. The summed E-state index contributed by atoms with van der Waals surface area (Å²) < 4.78 is 0. The summed E-state index contributed by atoms with van der Waals surface area (Å²) >= 11 is 0. The summed E-state index contributed by atoms with van der Waals surface area (Å²) in [4.78, 5) is 13.4. The molecule has 1 heterocycles. The standard InChI is InChI=1S/C16H22N2O2/c17-15(19)9-11-5-7-18(8-6-11)14-10-12-3-1-2-4-13(12)16(14)20/h1-4,11,14,16,20H,5-10H2,(H2,17,19). The van der Waals surface area contributed by atoms with Gasteiger partial charge in [0, 0.05) is 12.5 Å². The number of primary amides is 1. The summed E-state index contributed by atoms with van der Waals surface area (Å²) in [5.74, 6) is 0.224. The summed E-state index contributed by atoms with van der Waals surface area (Å²) in [5.41, 5.74) is 7.62. The highest BCUT2D eigenvalue weighted by Crippen LogP contribution is 2.36. The average molecular weight is 274 g/mol. The molecule has 0 bridgehead atoms. The van der Waals surface area contributed by atoms with Crippen LogP contribution in [-0.4, -0.2) is 35.0 Å². The van der Waals surface area contributed by atoms with Gasteiger partial charge in [-0.1, -0.05) is 24.3 Å². The Bertz CT molecular complexity index is 495. The molecule has 0 aromatic heterocycles. The van der Waals surface area contributed by atoms with E-state index in [2.05, 4.69) is 11.0 Å². The first-order valence-electron chi connectivity index (χ1n) is 7.43. The predicted octanol–water partition coefficient (Wildman–Crippen LogP) is 1.23. The molecule has 1 aliphatic heterocycles. The first-order chi connectivity index (χ1) is 9.65. The van der Waals surface area contributed by atoms with Crippen LogP contribution in [0.3, 0.4) is 0 Å². The fraction of sp³-hybridized carbons (Fsp3) is 0.562. The zero-order valence-electron chi connectivity index (χ0n) is 11.7. The van der Waals surface area contributed by atoms with E-state index in [-0.39, 0.29) is 18.1 Å². The van der Waals surface area contributed by atoms with Crippen LogP contribution in [0.2, 0.25) is 0 Å². The molecule has 0 saturated carbocycles. The molecule has 2 atom stereocenters. The van der Waals surface area contributed by atoms with Crippen molar-refractivity contribution in [3.05, 3.63) is 35.4 Å². The van der Waals surface area contributed by atoms with E-state index >= 15 is 0 Å². The summed E-state index contributed by atoms with van der Waals surface area (Å²) in [6, 6.07) is 8.36. The first kappa shape index (κ1) is 13.6. The molecule has 1 amide bonds. The Kier molecular flexibility index (Phi) is 3.76. The second-order valence-electron chi connectivity index (χ2n) is 6.06. The van der Waals surface area contributed by atoms with Gasteiger partial charge in [-0.3, -0.25) is 9.69 Å². The molecule has 3 N–H and O–H groups in total. The van der Waals surface area contributed by atoms with E-state index in [0.717, 1.165) is 37.9 Å². The van der Waals surface area contributed by atoms with Crippen LogP contribution in [0.1, 0.15) is 36.5 Å². The number of carbonyl (C=O) groups excluding carboxylic acids is 1. The Morgan fingerprint density at radius 3 is 2.65 bits per heavy atom. The monoisotopic (exact) mass is 274 g/mol. The number of nitrogens with two attached hydrogens (primary N) is 1. The van der Waals surface area contributed by atoms with Crippen molar-refractivity contribution in [3.63, 3.8) is 0 Å². The van der Waals surface area contributed by atoms with E-state index in [0.29, 0.717) is 12.3 Å². The molecule has 20 heavy (non-hydrogen) atoms. The Balaban J connectivity index is 1.61. The first-order valence-corrected chi connectivity index (χ1v) is 7.43. The van der Waals surface area contributed by atoms with Crippen LogP contribution < -0.4 is 5.73 Å². The number of amides is 1. The van der Waals surface area contributed by atoms with Gasteiger partial charge in [0.25, 0.3) is 0 Å². The van der Waals surface area contributed by atoms with E-state index in [4.69, 9.17) is 5.73 Å². The van der Waals surface area contributed by atoms with Gasteiger partial charge in [-0.25, -0.2) is 0 Å². The number of hydrogen-bond donors (Lipinski definition) is 2. The van der Waals surface area contributed by atoms with Gasteiger partial charge >= 0.3 is 0 Å². The maximum atomic E-state index is 11.0. The van der Waals surface area contributed by atoms with Gasteiger partial charge in [0.2, 0.25) is 5.91 Å². The number of fused-ring (bicyclic) bond motifs is 1. The minimum absolute atomic E-state index is 0.196. The summed E-state index contributed by atoms with van der Waals surface area (Å²) in [6.07, 6.45) is 3.06. The molecule has 1 saturated heterocycles. The topological polar surface area (TPSA) is 66.6 Å². The van der Waals surface area contributed by atoms with E-state index in [1.165, 1.54) is 5.56 Å². The molecule has 3 rings (SSSR count). The van der Waals surface area contributed by atoms with Gasteiger partial charge in [-0.2, -0.15) is 0 Å².